The van der Waals surface area contributed by atoms with Crippen molar-refractivity contribution in [2.24, 2.45) is 0 Å². The Morgan fingerprint density at radius 3 is 2.65 bits per heavy atom. The average Bonchev–Trinajstić information content (AvgIpc) is 2.30. The minimum atomic E-state index is 0.0279. The molecule has 0 saturated carbocycles. The molecule has 4 nitrogen and oxygen atoms in total. The lowest BCUT2D eigenvalue weighted by Crippen LogP contribution is -2.05. The van der Waals surface area contributed by atoms with E-state index in [9.17, 15) is 0 Å². The van der Waals surface area contributed by atoms with Gasteiger partial charge in [-0.15, -0.1) is 0 Å². The van der Waals surface area contributed by atoms with Gasteiger partial charge in [0.05, 0.1) is 6.10 Å². The van der Waals surface area contributed by atoms with E-state index >= 15 is 0 Å². The van der Waals surface area contributed by atoms with Crippen LogP contribution in [0.15, 0.2) is 36.0 Å². The maximum Gasteiger partial charge on any atom is 0.145 e. The van der Waals surface area contributed by atoms with E-state index in [1.165, 1.54) is 6.20 Å². The van der Waals surface area contributed by atoms with Gasteiger partial charge in [0, 0.05) is 18.0 Å². The van der Waals surface area contributed by atoms with Gasteiger partial charge in [-0.1, -0.05) is 6.07 Å². The SMILES string of the molecule is CC(C)Oc1cccc(NC=C(C#N)C#N)c1. The predicted octanol–water partition coefficient (Wildman–Crippen LogP) is 2.82. The molecule has 86 valence electrons. The Labute approximate surface area is 101 Å². The Hall–Kier alpha value is -2.46. The van der Waals surface area contributed by atoms with Crippen LogP contribution in [0.4, 0.5) is 5.69 Å². The lowest BCUT2D eigenvalue weighted by molar-refractivity contribution is 0.242. The third-order valence-electron chi connectivity index (χ3n) is 1.83. The standard InChI is InChI=1S/C13H13N3O/c1-10(2)17-13-5-3-4-12(6-13)16-9-11(7-14)8-15/h3-6,9-10,16H,1-2H3. The van der Waals surface area contributed by atoms with Crippen molar-refractivity contribution in [2.45, 2.75) is 20.0 Å². The molecule has 17 heavy (non-hydrogen) atoms. The summed E-state index contributed by atoms with van der Waals surface area (Å²) in [6, 6.07) is 10.9. The van der Waals surface area contributed by atoms with Crippen molar-refractivity contribution in [3.63, 3.8) is 0 Å². The molecule has 0 saturated heterocycles. The monoisotopic (exact) mass is 227 g/mol. The number of benzene rings is 1. The molecule has 0 aliphatic carbocycles. The maximum absolute atomic E-state index is 8.57. The number of hydrogen-bond donors (Lipinski definition) is 1. The number of rotatable bonds is 4. The quantitative estimate of drug-likeness (QED) is 0.803. The van der Waals surface area contributed by atoms with Gasteiger partial charge in [-0.25, -0.2) is 0 Å². The van der Waals surface area contributed by atoms with Gasteiger partial charge in [0.15, 0.2) is 0 Å². The zero-order chi connectivity index (χ0) is 12.7. The summed E-state index contributed by atoms with van der Waals surface area (Å²) in [6.07, 6.45) is 1.48. The van der Waals surface area contributed by atoms with Gasteiger partial charge in [-0.3, -0.25) is 0 Å². The van der Waals surface area contributed by atoms with Crippen molar-refractivity contribution in [2.75, 3.05) is 5.32 Å². The number of nitrogens with one attached hydrogen (secondary N) is 1. The van der Waals surface area contributed by atoms with E-state index < -0.39 is 0 Å². The van der Waals surface area contributed by atoms with Crippen molar-refractivity contribution in [3.05, 3.63) is 36.0 Å². The number of anilines is 1. The summed E-state index contributed by atoms with van der Waals surface area (Å²) in [5.74, 6) is 0.744. The fourth-order valence-corrected chi connectivity index (χ4v) is 1.18. The second-order valence-corrected chi connectivity index (χ2v) is 3.62. The molecule has 0 fully saturated rings. The molecule has 0 heterocycles. The molecule has 0 aromatic heterocycles. The molecule has 0 amide bonds. The minimum Gasteiger partial charge on any atom is -0.491 e. The van der Waals surface area contributed by atoms with Crippen molar-refractivity contribution < 1.29 is 4.74 Å². The third-order valence-corrected chi connectivity index (χ3v) is 1.83. The Kier molecular flexibility index (Phi) is 4.59. The van der Waals surface area contributed by atoms with Crippen LogP contribution >= 0.6 is 0 Å². The van der Waals surface area contributed by atoms with Gasteiger partial charge in [-0.2, -0.15) is 10.5 Å². The first kappa shape index (κ1) is 12.6. The second-order valence-electron chi connectivity index (χ2n) is 3.62. The van der Waals surface area contributed by atoms with E-state index in [4.69, 9.17) is 15.3 Å². The van der Waals surface area contributed by atoms with Crippen LogP contribution in [-0.2, 0) is 0 Å². The van der Waals surface area contributed by atoms with Crippen LogP contribution in [0.3, 0.4) is 0 Å². The molecule has 0 radical (unpaired) electrons. The largest absolute Gasteiger partial charge is 0.491 e. The van der Waals surface area contributed by atoms with E-state index in [2.05, 4.69) is 5.32 Å². The maximum atomic E-state index is 8.57. The molecule has 1 aromatic rings. The number of hydrogen-bond acceptors (Lipinski definition) is 4. The highest BCUT2D eigenvalue weighted by Crippen LogP contribution is 2.18. The summed E-state index contributed by atoms with van der Waals surface area (Å²) in [5.41, 5.74) is 0.798. The van der Waals surface area contributed by atoms with Gasteiger partial charge in [0.1, 0.15) is 23.5 Å². The van der Waals surface area contributed by atoms with Crippen LogP contribution in [-0.4, -0.2) is 6.10 Å². The van der Waals surface area contributed by atoms with Crippen LogP contribution in [0, 0.1) is 22.7 Å². The predicted molar refractivity (Wildman–Crippen MR) is 65.1 cm³/mol. The summed E-state index contributed by atoms with van der Waals surface area (Å²) in [6.45, 7) is 3.90. The van der Waals surface area contributed by atoms with Gasteiger partial charge in [0.2, 0.25) is 0 Å². The smallest absolute Gasteiger partial charge is 0.145 e. The van der Waals surface area contributed by atoms with Crippen LogP contribution in [0.1, 0.15) is 13.8 Å². The highest BCUT2D eigenvalue weighted by Gasteiger charge is 1.98. The Morgan fingerprint density at radius 2 is 2.06 bits per heavy atom. The van der Waals surface area contributed by atoms with Gasteiger partial charge < -0.3 is 10.1 Å². The lowest BCUT2D eigenvalue weighted by Gasteiger charge is -2.10. The van der Waals surface area contributed by atoms with Gasteiger partial charge in [-0.05, 0) is 26.0 Å². The molecule has 4 heteroatoms. The molecule has 1 N–H and O–H groups in total. The number of nitriles is 2. The highest BCUT2D eigenvalue weighted by atomic mass is 16.5. The molecule has 1 aromatic carbocycles. The topological polar surface area (TPSA) is 68.8 Å². The second kappa shape index (κ2) is 6.19. The molecular weight excluding hydrogens is 214 g/mol. The first-order valence-corrected chi connectivity index (χ1v) is 5.19. The Bertz CT molecular complexity index is 476. The third kappa shape index (κ3) is 4.27. The van der Waals surface area contributed by atoms with Crippen LogP contribution in [0.25, 0.3) is 0 Å². The number of ether oxygens (including phenoxy) is 1. The van der Waals surface area contributed by atoms with Crippen molar-refractivity contribution >= 4 is 5.69 Å². The zero-order valence-corrected chi connectivity index (χ0v) is 9.77. The van der Waals surface area contributed by atoms with Gasteiger partial charge >= 0.3 is 0 Å². The summed E-state index contributed by atoms with van der Waals surface area (Å²) < 4.78 is 5.52. The fourth-order valence-electron chi connectivity index (χ4n) is 1.18. The van der Waals surface area contributed by atoms with Crippen LogP contribution in [0.2, 0.25) is 0 Å². The summed E-state index contributed by atoms with van der Waals surface area (Å²) in [7, 11) is 0. The van der Waals surface area contributed by atoms with Crippen molar-refractivity contribution in [1.29, 1.82) is 10.5 Å². The number of allylic oxidation sites excluding steroid dienone is 1. The Balaban J connectivity index is 2.77. The summed E-state index contributed by atoms with van der Waals surface area (Å²) in [5, 5.41) is 20.0. The van der Waals surface area contributed by atoms with Gasteiger partial charge in [0.25, 0.3) is 0 Å². The van der Waals surface area contributed by atoms with Crippen LogP contribution < -0.4 is 10.1 Å². The Morgan fingerprint density at radius 1 is 1.35 bits per heavy atom. The molecule has 0 spiro atoms. The zero-order valence-electron chi connectivity index (χ0n) is 9.77. The normalized spacial score (nSPS) is 9.00. The highest BCUT2D eigenvalue weighted by molar-refractivity contribution is 5.52. The molecule has 1 rings (SSSR count). The molecular formula is C13H13N3O. The molecule has 0 bridgehead atoms. The first-order valence-electron chi connectivity index (χ1n) is 5.19. The van der Waals surface area contributed by atoms with E-state index in [0.717, 1.165) is 11.4 Å². The molecule has 0 atom stereocenters. The molecule has 0 aliphatic rings. The van der Waals surface area contributed by atoms with Crippen molar-refractivity contribution in [3.8, 4) is 17.9 Å². The summed E-state index contributed by atoms with van der Waals surface area (Å²) in [4.78, 5) is 0. The first-order chi connectivity index (χ1) is 8.15. The molecule has 0 unspecified atom stereocenters. The molecule has 0 aliphatic heterocycles. The number of nitrogens with zero attached hydrogens (tertiary/aromatic N) is 2. The minimum absolute atomic E-state index is 0.0279. The fraction of sp³-hybridized carbons (Fsp3) is 0.231. The average molecular weight is 227 g/mol. The summed E-state index contributed by atoms with van der Waals surface area (Å²) >= 11 is 0. The van der Waals surface area contributed by atoms with E-state index in [-0.39, 0.29) is 11.7 Å². The lowest BCUT2D eigenvalue weighted by atomic mass is 10.3. The van der Waals surface area contributed by atoms with Crippen molar-refractivity contribution in [1.82, 2.24) is 0 Å². The van der Waals surface area contributed by atoms with E-state index in [1.807, 2.05) is 38.1 Å². The van der Waals surface area contributed by atoms with Crippen LogP contribution in [0.5, 0.6) is 5.75 Å². The van der Waals surface area contributed by atoms with E-state index in [0.29, 0.717) is 0 Å². The van der Waals surface area contributed by atoms with E-state index in [1.54, 1.807) is 12.1 Å².